The Kier molecular flexibility index (Phi) is 5.92. The molecule has 2 fully saturated rings. The van der Waals surface area contributed by atoms with E-state index in [0.717, 1.165) is 28.4 Å². The molecule has 0 unspecified atom stereocenters. The van der Waals surface area contributed by atoms with Gasteiger partial charge in [0.15, 0.2) is 0 Å². The lowest BCUT2D eigenvalue weighted by molar-refractivity contribution is -0.123. The third kappa shape index (κ3) is 4.13. The number of carbonyl (C=O) groups is 1. The number of halogens is 1. The fourth-order valence-corrected chi connectivity index (χ4v) is 5.23. The predicted molar refractivity (Wildman–Crippen MR) is 119 cm³/mol. The number of carbonyl (C=O) groups excluding carboxylic acids is 1. The minimum atomic E-state index is 0.0378. The Morgan fingerprint density at radius 3 is 2.93 bits per heavy atom. The number of amides is 1. The first-order valence-electron chi connectivity index (χ1n) is 10.3. The zero-order valence-corrected chi connectivity index (χ0v) is 18.5. The van der Waals surface area contributed by atoms with Gasteiger partial charge in [0.2, 0.25) is 5.91 Å². The molecule has 0 aromatic heterocycles. The first-order chi connectivity index (χ1) is 14.5. The van der Waals surface area contributed by atoms with Crippen LogP contribution in [0.3, 0.4) is 0 Å². The van der Waals surface area contributed by atoms with Gasteiger partial charge in [0, 0.05) is 11.5 Å². The molecule has 1 amide bonds. The van der Waals surface area contributed by atoms with E-state index in [1.807, 2.05) is 36.4 Å². The van der Waals surface area contributed by atoms with Crippen LogP contribution in [-0.4, -0.2) is 12.1 Å². The van der Waals surface area contributed by atoms with E-state index in [1.54, 1.807) is 12.3 Å². The number of hydrazone groups is 1. The standard InChI is InChI=1S/C24H24BrN3O2/c1-24-11-5-4-8-19(24)22(24)23(29)28-27-14-16-9-10-21(20(25)12-16)30-15-18-7-3-2-6-17(18)13-26/h2-3,6-7,9-10,12,14,19,22H,4-5,8,11,15H2,1H3,(H,28,29)/b27-14-/t19-,22+,24+/m1/s1. The average molecular weight is 466 g/mol. The van der Waals surface area contributed by atoms with Gasteiger partial charge in [-0.05, 0) is 69.9 Å². The number of ether oxygens (including phenoxy) is 1. The van der Waals surface area contributed by atoms with E-state index in [0.29, 0.717) is 23.8 Å². The number of rotatable bonds is 6. The minimum Gasteiger partial charge on any atom is -0.488 e. The highest BCUT2D eigenvalue weighted by molar-refractivity contribution is 9.10. The van der Waals surface area contributed by atoms with Crippen molar-refractivity contribution in [2.75, 3.05) is 0 Å². The molecule has 2 saturated carbocycles. The normalized spacial score (nSPS) is 24.7. The van der Waals surface area contributed by atoms with Gasteiger partial charge in [0.05, 0.1) is 22.3 Å². The van der Waals surface area contributed by atoms with E-state index >= 15 is 0 Å². The van der Waals surface area contributed by atoms with Gasteiger partial charge in [-0.25, -0.2) is 5.43 Å². The van der Waals surface area contributed by atoms with Crippen molar-refractivity contribution >= 4 is 28.1 Å². The molecule has 2 aliphatic rings. The number of hydrogen-bond donors (Lipinski definition) is 1. The second kappa shape index (κ2) is 8.61. The number of hydrogen-bond acceptors (Lipinski definition) is 4. The van der Waals surface area contributed by atoms with Crippen molar-refractivity contribution in [2.24, 2.45) is 22.4 Å². The molecule has 0 spiro atoms. The van der Waals surface area contributed by atoms with Crippen LogP contribution in [0.15, 0.2) is 52.0 Å². The number of fused-ring (bicyclic) bond motifs is 1. The van der Waals surface area contributed by atoms with Gasteiger partial charge < -0.3 is 4.74 Å². The summed E-state index contributed by atoms with van der Waals surface area (Å²) < 4.78 is 6.64. The van der Waals surface area contributed by atoms with Gasteiger partial charge in [-0.1, -0.05) is 38.0 Å². The topological polar surface area (TPSA) is 74.5 Å². The molecule has 2 aromatic rings. The third-order valence-electron chi connectivity index (χ3n) is 6.48. The Hall–Kier alpha value is -2.65. The molecule has 0 bridgehead atoms. The van der Waals surface area contributed by atoms with Crippen LogP contribution in [0.5, 0.6) is 5.75 Å². The number of nitriles is 1. The van der Waals surface area contributed by atoms with Crippen LogP contribution in [0, 0.1) is 28.6 Å². The number of nitrogens with zero attached hydrogens (tertiary/aromatic N) is 2. The highest BCUT2D eigenvalue weighted by Crippen LogP contribution is 2.66. The van der Waals surface area contributed by atoms with Crippen LogP contribution in [-0.2, 0) is 11.4 Å². The van der Waals surface area contributed by atoms with Crippen LogP contribution >= 0.6 is 15.9 Å². The Balaban J connectivity index is 1.33. The summed E-state index contributed by atoms with van der Waals surface area (Å²) in [5.74, 6) is 1.35. The van der Waals surface area contributed by atoms with Gasteiger partial charge in [0.1, 0.15) is 12.4 Å². The lowest BCUT2D eigenvalue weighted by Gasteiger charge is -2.15. The van der Waals surface area contributed by atoms with E-state index in [4.69, 9.17) is 4.74 Å². The third-order valence-corrected chi connectivity index (χ3v) is 7.10. The van der Waals surface area contributed by atoms with Gasteiger partial charge in [-0.3, -0.25) is 4.79 Å². The van der Waals surface area contributed by atoms with Crippen LogP contribution in [0.2, 0.25) is 0 Å². The number of benzene rings is 2. The van der Waals surface area contributed by atoms with Crippen molar-refractivity contribution in [1.82, 2.24) is 5.43 Å². The molecule has 0 radical (unpaired) electrons. The molecule has 0 aliphatic heterocycles. The molecule has 154 valence electrons. The van der Waals surface area contributed by atoms with E-state index in [-0.39, 0.29) is 17.2 Å². The molecule has 5 nitrogen and oxygen atoms in total. The molecule has 30 heavy (non-hydrogen) atoms. The first-order valence-corrected chi connectivity index (χ1v) is 11.1. The lowest BCUT2D eigenvalue weighted by atomic mass is 9.90. The lowest BCUT2D eigenvalue weighted by Crippen LogP contribution is -2.22. The van der Waals surface area contributed by atoms with Crippen LogP contribution in [0.25, 0.3) is 0 Å². The average Bonchev–Trinajstić information content (AvgIpc) is 3.39. The second-order valence-electron chi connectivity index (χ2n) is 8.32. The molecular weight excluding hydrogens is 442 g/mol. The molecule has 2 aliphatic carbocycles. The van der Waals surface area contributed by atoms with Crippen LogP contribution in [0.1, 0.15) is 49.3 Å². The zero-order valence-electron chi connectivity index (χ0n) is 16.9. The molecule has 0 saturated heterocycles. The van der Waals surface area contributed by atoms with Crippen LogP contribution in [0.4, 0.5) is 0 Å². The second-order valence-corrected chi connectivity index (χ2v) is 9.17. The van der Waals surface area contributed by atoms with Gasteiger partial charge in [-0.2, -0.15) is 10.4 Å². The maximum absolute atomic E-state index is 12.5. The summed E-state index contributed by atoms with van der Waals surface area (Å²) >= 11 is 3.52. The smallest absolute Gasteiger partial charge is 0.244 e. The van der Waals surface area contributed by atoms with E-state index in [1.165, 1.54) is 12.8 Å². The zero-order chi connectivity index (χ0) is 21.1. The summed E-state index contributed by atoms with van der Waals surface area (Å²) in [7, 11) is 0. The van der Waals surface area contributed by atoms with Gasteiger partial charge in [0.25, 0.3) is 0 Å². The first kappa shape index (κ1) is 20.6. The molecule has 1 N–H and O–H groups in total. The summed E-state index contributed by atoms with van der Waals surface area (Å²) in [6.07, 6.45) is 6.41. The largest absolute Gasteiger partial charge is 0.488 e. The molecule has 0 heterocycles. The summed E-state index contributed by atoms with van der Waals surface area (Å²) in [5, 5.41) is 13.3. The van der Waals surface area contributed by atoms with Crippen molar-refractivity contribution in [2.45, 2.75) is 39.2 Å². The van der Waals surface area contributed by atoms with Crippen molar-refractivity contribution in [3.05, 3.63) is 63.6 Å². The minimum absolute atomic E-state index is 0.0378. The SMILES string of the molecule is C[C@]12CCCC[C@@H]1[C@H]2C(=O)N/N=C\c1ccc(OCc2ccccc2C#N)c(Br)c1. The Labute approximate surface area is 185 Å². The van der Waals surface area contributed by atoms with Crippen molar-refractivity contribution in [3.8, 4) is 11.8 Å². The summed E-state index contributed by atoms with van der Waals surface area (Å²) in [6, 6.07) is 15.2. The van der Waals surface area contributed by atoms with Crippen molar-refractivity contribution < 1.29 is 9.53 Å². The maximum atomic E-state index is 12.5. The number of nitrogens with one attached hydrogen (secondary N) is 1. The molecule has 3 atom stereocenters. The maximum Gasteiger partial charge on any atom is 0.244 e. The summed E-state index contributed by atoms with van der Waals surface area (Å²) in [4.78, 5) is 12.5. The van der Waals surface area contributed by atoms with Crippen molar-refractivity contribution in [1.29, 1.82) is 5.26 Å². The summed E-state index contributed by atoms with van der Waals surface area (Å²) in [5.41, 5.74) is 5.21. The Morgan fingerprint density at radius 2 is 2.20 bits per heavy atom. The highest BCUT2D eigenvalue weighted by atomic mass is 79.9. The van der Waals surface area contributed by atoms with E-state index in [2.05, 4.69) is 39.5 Å². The monoisotopic (exact) mass is 465 g/mol. The fraction of sp³-hybridized carbons (Fsp3) is 0.375. The van der Waals surface area contributed by atoms with Crippen molar-refractivity contribution in [3.63, 3.8) is 0 Å². The summed E-state index contributed by atoms with van der Waals surface area (Å²) in [6.45, 7) is 2.54. The Morgan fingerprint density at radius 1 is 1.37 bits per heavy atom. The van der Waals surface area contributed by atoms with E-state index < -0.39 is 0 Å². The fourth-order valence-electron chi connectivity index (χ4n) is 4.72. The van der Waals surface area contributed by atoms with E-state index in [9.17, 15) is 10.1 Å². The van der Waals surface area contributed by atoms with Gasteiger partial charge >= 0.3 is 0 Å². The predicted octanol–water partition coefficient (Wildman–Crippen LogP) is 5.18. The molecule has 4 rings (SSSR count). The quantitative estimate of drug-likeness (QED) is 0.471. The van der Waals surface area contributed by atoms with Gasteiger partial charge in [-0.15, -0.1) is 0 Å². The molecular formula is C24H24BrN3O2. The Bertz CT molecular complexity index is 1030. The molecule has 2 aromatic carbocycles. The van der Waals surface area contributed by atoms with Crippen LogP contribution < -0.4 is 10.2 Å². The highest BCUT2D eigenvalue weighted by Gasteiger charge is 2.64. The molecule has 6 heteroatoms.